The van der Waals surface area contributed by atoms with Crippen LogP contribution in [0.3, 0.4) is 0 Å². The molecule has 238 valence electrons. The molecule has 0 aliphatic rings. The number of unbranched alkanes of at least 4 members (excludes halogenated alkanes) is 2. The van der Waals surface area contributed by atoms with E-state index in [0.717, 1.165) is 31.2 Å². The first kappa shape index (κ1) is 37.9. The Morgan fingerprint density at radius 3 is 2.19 bits per heavy atom. The van der Waals surface area contributed by atoms with Gasteiger partial charge in [0.15, 0.2) is 8.32 Å². The van der Waals surface area contributed by atoms with Gasteiger partial charge in [-0.15, -0.1) is 11.8 Å². The van der Waals surface area contributed by atoms with Crippen LogP contribution < -0.4 is 5.32 Å². The zero-order chi connectivity index (χ0) is 31.7. The van der Waals surface area contributed by atoms with Crippen LogP contribution in [0.5, 0.6) is 0 Å². The molecule has 0 spiro atoms. The summed E-state index contributed by atoms with van der Waals surface area (Å²) in [6, 6.07) is 9.58. The Morgan fingerprint density at radius 2 is 1.57 bits per heavy atom. The van der Waals surface area contributed by atoms with Crippen molar-refractivity contribution in [3.8, 4) is 11.8 Å². The molecule has 2 atom stereocenters. The normalized spacial score (nSPS) is 13.5. The number of hydrogen-bond donors (Lipinski definition) is 1. The molecule has 0 radical (unpaired) electrons. The maximum Gasteiger partial charge on any atom is 0.407 e. The molecule has 0 aliphatic heterocycles. The minimum Gasteiger partial charge on any atom is -0.444 e. The third kappa shape index (κ3) is 17.7. The summed E-state index contributed by atoms with van der Waals surface area (Å²) in [4.78, 5) is 25.0. The molecule has 0 fully saturated rings. The molecular formula is C35H59NO5Si. The third-order valence-corrected chi connectivity index (χ3v) is 12.1. The number of benzene rings is 1. The fourth-order valence-electron chi connectivity index (χ4n) is 4.10. The Morgan fingerprint density at radius 1 is 0.905 bits per heavy atom. The lowest BCUT2D eigenvalue weighted by Crippen LogP contribution is -2.43. The van der Waals surface area contributed by atoms with Crippen LogP contribution in [0.15, 0.2) is 30.3 Å². The first-order chi connectivity index (χ1) is 19.6. The van der Waals surface area contributed by atoms with Crippen molar-refractivity contribution >= 4 is 20.2 Å². The molecule has 1 aromatic carbocycles. The Kier molecular flexibility index (Phi) is 17.3. The van der Waals surface area contributed by atoms with E-state index in [1.165, 1.54) is 12.8 Å². The van der Waals surface area contributed by atoms with Gasteiger partial charge in [0.25, 0.3) is 0 Å². The molecular weight excluding hydrogens is 542 g/mol. The van der Waals surface area contributed by atoms with E-state index in [1.54, 1.807) is 0 Å². The van der Waals surface area contributed by atoms with Crippen molar-refractivity contribution in [2.75, 3.05) is 6.61 Å². The van der Waals surface area contributed by atoms with Crippen LogP contribution in [0, 0.1) is 11.8 Å². The van der Waals surface area contributed by atoms with Crippen molar-refractivity contribution in [2.45, 2.75) is 155 Å². The minimum atomic E-state index is -1.79. The highest BCUT2D eigenvalue weighted by Gasteiger charge is 2.38. The van der Waals surface area contributed by atoms with E-state index >= 15 is 0 Å². The van der Waals surface area contributed by atoms with Crippen LogP contribution in [0.25, 0.3) is 0 Å². The number of alkyl carbamates (subject to hydrolysis) is 1. The molecule has 42 heavy (non-hydrogen) atoms. The highest BCUT2D eigenvalue weighted by atomic mass is 28.4. The quantitative estimate of drug-likeness (QED) is 0.103. The summed E-state index contributed by atoms with van der Waals surface area (Å²) in [5, 5.41) is 3.09. The topological polar surface area (TPSA) is 73.9 Å². The maximum atomic E-state index is 12.6. The predicted octanol–water partition coefficient (Wildman–Crippen LogP) is 8.98. The van der Waals surface area contributed by atoms with Crippen molar-refractivity contribution in [2.24, 2.45) is 0 Å². The van der Waals surface area contributed by atoms with Crippen LogP contribution in [0.4, 0.5) is 4.79 Å². The van der Waals surface area contributed by atoms with Gasteiger partial charge in [-0.1, -0.05) is 70.9 Å². The van der Waals surface area contributed by atoms with Crippen LogP contribution in [-0.2, 0) is 25.3 Å². The molecule has 1 rings (SSSR count). The molecule has 7 heteroatoms. The monoisotopic (exact) mass is 601 g/mol. The summed E-state index contributed by atoms with van der Waals surface area (Å²) >= 11 is 0. The van der Waals surface area contributed by atoms with Crippen LogP contribution >= 0.6 is 0 Å². The molecule has 0 unspecified atom stereocenters. The lowest BCUT2D eigenvalue weighted by atomic mass is 10.0. The molecule has 0 bridgehead atoms. The summed E-state index contributed by atoms with van der Waals surface area (Å²) in [6.45, 7) is 20.0. The molecule has 0 heterocycles. The molecule has 0 aromatic heterocycles. The second-order valence-corrected chi connectivity index (χ2v) is 18.6. The van der Waals surface area contributed by atoms with E-state index in [9.17, 15) is 9.59 Å². The van der Waals surface area contributed by atoms with Gasteiger partial charge in [-0.25, -0.2) is 4.79 Å². The molecule has 1 N–H and O–H groups in total. The van der Waals surface area contributed by atoms with Crippen molar-refractivity contribution in [1.82, 2.24) is 5.32 Å². The maximum absolute atomic E-state index is 12.6. The van der Waals surface area contributed by atoms with Crippen LogP contribution in [-0.4, -0.2) is 44.5 Å². The molecule has 1 aromatic rings. The number of nitrogens with one attached hydrogen (secondary N) is 1. The van der Waals surface area contributed by atoms with Gasteiger partial charge >= 0.3 is 6.09 Å². The second kappa shape index (κ2) is 19.2. The van der Waals surface area contributed by atoms with Crippen molar-refractivity contribution in [1.29, 1.82) is 0 Å². The zero-order valence-corrected chi connectivity index (χ0v) is 29.1. The van der Waals surface area contributed by atoms with Gasteiger partial charge in [0.05, 0.1) is 19.3 Å². The lowest BCUT2D eigenvalue weighted by molar-refractivity contribution is -0.119. The fraction of sp³-hybridized carbons (Fsp3) is 0.714. The Balaban J connectivity index is 2.47. The van der Waals surface area contributed by atoms with Gasteiger partial charge in [-0.3, -0.25) is 4.79 Å². The smallest absolute Gasteiger partial charge is 0.407 e. The summed E-state index contributed by atoms with van der Waals surface area (Å²) in [7, 11) is -1.79. The van der Waals surface area contributed by atoms with Gasteiger partial charge in [0.2, 0.25) is 0 Å². The summed E-state index contributed by atoms with van der Waals surface area (Å²) < 4.78 is 18.0. The Labute approximate surface area is 258 Å². The van der Waals surface area contributed by atoms with Gasteiger partial charge < -0.3 is 19.2 Å². The third-order valence-electron chi connectivity index (χ3n) is 7.54. The van der Waals surface area contributed by atoms with E-state index < -0.39 is 20.0 Å². The van der Waals surface area contributed by atoms with E-state index in [4.69, 9.17) is 13.9 Å². The van der Waals surface area contributed by atoms with Crippen LogP contribution in [0.2, 0.25) is 18.1 Å². The number of carbonyl (C=O) groups is 2. The van der Waals surface area contributed by atoms with E-state index in [0.29, 0.717) is 38.9 Å². The predicted molar refractivity (Wildman–Crippen MR) is 176 cm³/mol. The largest absolute Gasteiger partial charge is 0.444 e. The van der Waals surface area contributed by atoms with Gasteiger partial charge in [0, 0.05) is 31.8 Å². The number of rotatable bonds is 18. The number of Topliss-reactive ketones (excluding diaryl/α,β-unsaturated/α-hetero) is 1. The second-order valence-electron chi connectivity index (χ2n) is 13.8. The Hall–Kier alpha value is -2.14. The number of ether oxygens (including phenoxy) is 2. The van der Waals surface area contributed by atoms with Gasteiger partial charge in [0.1, 0.15) is 11.4 Å². The van der Waals surface area contributed by atoms with Gasteiger partial charge in [-0.2, -0.15) is 0 Å². The number of hydrogen-bond acceptors (Lipinski definition) is 5. The molecule has 1 amide bonds. The first-order valence-electron chi connectivity index (χ1n) is 15.9. The number of amides is 1. The average Bonchev–Trinajstić information content (AvgIpc) is 2.88. The van der Waals surface area contributed by atoms with Crippen LogP contribution in [0.1, 0.15) is 118 Å². The summed E-state index contributed by atoms with van der Waals surface area (Å²) in [5.41, 5.74) is 0.468. The van der Waals surface area contributed by atoms with Crippen molar-refractivity contribution in [3.63, 3.8) is 0 Å². The molecule has 0 saturated carbocycles. The molecule has 6 nitrogen and oxygen atoms in total. The number of carbonyl (C=O) groups excluding carboxylic acids is 2. The van der Waals surface area contributed by atoms with Gasteiger partial charge in [-0.05, 0) is 70.2 Å². The first-order valence-corrected chi connectivity index (χ1v) is 18.8. The molecule has 0 aliphatic carbocycles. The summed E-state index contributed by atoms with van der Waals surface area (Å²) in [5.74, 6) is 6.75. The highest BCUT2D eigenvalue weighted by molar-refractivity contribution is 6.74. The Bertz CT molecular complexity index is 969. The highest BCUT2D eigenvalue weighted by Crippen LogP contribution is 2.38. The van der Waals surface area contributed by atoms with E-state index in [1.807, 2.05) is 51.1 Å². The van der Waals surface area contributed by atoms with E-state index in [2.05, 4.69) is 57.9 Å². The standard InChI is InChI=1S/C35H59NO5Si/c1-10-11-23-32(41-42(8,9)35(5,6)7)24-19-14-12-13-18-22-31(37)26-25-30(36-33(38)40-34(2,3)4)28-39-27-29-20-16-15-17-21-29/h15-17,20-21,30,32H,10-11,13,18-19,22-28H2,1-9H3,(H,36,38)/t30-,32-/m1/s1. The molecule has 0 saturated heterocycles. The zero-order valence-electron chi connectivity index (χ0n) is 28.1. The van der Waals surface area contributed by atoms with Crippen molar-refractivity contribution < 1.29 is 23.5 Å². The number of ketones is 1. The van der Waals surface area contributed by atoms with Crippen molar-refractivity contribution in [3.05, 3.63) is 35.9 Å². The fourth-order valence-corrected chi connectivity index (χ4v) is 5.52. The minimum absolute atomic E-state index is 0.179. The van der Waals surface area contributed by atoms with E-state index in [-0.39, 0.29) is 23.0 Å². The average molecular weight is 602 g/mol. The summed E-state index contributed by atoms with van der Waals surface area (Å²) in [6.07, 6.45) is 7.89. The SMILES string of the molecule is CCCC[C@H](CCC#CCCCC(=O)CC[C@H](COCc1ccccc1)NC(=O)OC(C)(C)C)O[Si](C)(C)C(C)(C)C. The lowest BCUT2D eigenvalue weighted by Gasteiger charge is -2.39.